The van der Waals surface area contributed by atoms with Crippen LogP contribution in [0.4, 0.5) is 5.13 Å². The molecule has 30 heavy (non-hydrogen) atoms. The normalized spacial score (nSPS) is 10.9. The minimum atomic E-state index is 0.101. The third-order valence-electron chi connectivity index (χ3n) is 4.77. The third-order valence-corrected chi connectivity index (χ3v) is 6.78. The molecule has 1 N–H and O–H groups in total. The SMILES string of the molecule is Cc1cc(C(=O)CSc2nnc(NCc3ccccc3)s2)c(C)n1-c1ccccc1. The zero-order valence-corrected chi connectivity index (χ0v) is 18.5. The Labute approximate surface area is 184 Å². The predicted molar refractivity (Wildman–Crippen MR) is 124 cm³/mol. The van der Waals surface area contributed by atoms with Gasteiger partial charge in [-0.3, -0.25) is 4.79 Å². The maximum atomic E-state index is 12.9. The van der Waals surface area contributed by atoms with Crippen molar-refractivity contribution in [3.63, 3.8) is 0 Å². The molecule has 4 rings (SSSR count). The highest BCUT2D eigenvalue weighted by Gasteiger charge is 2.17. The van der Waals surface area contributed by atoms with Crippen molar-refractivity contribution in [3.8, 4) is 5.69 Å². The lowest BCUT2D eigenvalue weighted by Crippen LogP contribution is -2.05. The molecule has 2 aromatic heterocycles. The van der Waals surface area contributed by atoms with Gasteiger partial charge in [0.25, 0.3) is 0 Å². The standard InChI is InChI=1S/C23H22N4OS2/c1-16-13-20(17(2)27(16)19-11-7-4-8-12-19)21(28)15-29-23-26-25-22(30-23)24-14-18-9-5-3-6-10-18/h3-13H,14-15H2,1-2H3,(H,24,25). The summed E-state index contributed by atoms with van der Waals surface area (Å²) in [7, 11) is 0. The quantitative estimate of drug-likeness (QED) is 0.292. The molecule has 2 heterocycles. The topological polar surface area (TPSA) is 59.8 Å². The minimum Gasteiger partial charge on any atom is -0.356 e. The monoisotopic (exact) mass is 434 g/mol. The lowest BCUT2D eigenvalue weighted by molar-refractivity contribution is 0.102. The van der Waals surface area contributed by atoms with E-state index in [1.807, 2.05) is 68.4 Å². The average molecular weight is 435 g/mol. The molecule has 0 aliphatic carbocycles. The highest BCUT2D eigenvalue weighted by molar-refractivity contribution is 8.01. The van der Waals surface area contributed by atoms with Crippen molar-refractivity contribution in [1.82, 2.24) is 14.8 Å². The van der Waals surface area contributed by atoms with Gasteiger partial charge in [0, 0.05) is 29.2 Å². The van der Waals surface area contributed by atoms with Crippen LogP contribution < -0.4 is 5.32 Å². The maximum absolute atomic E-state index is 12.9. The van der Waals surface area contributed by atoms with E-state index in [9.17, 15) is 4.79 Å². The number of carbonyl (C=O) groups excluding carboxylic acids is 1. The Morgan fingerprint density at radius 2 is 1.73 bits per heavy atom. The number of nitrogens with zero attached hydrogens (tertiary/aromatic N) is 3. The second-order valence-electron chi connectivity index (χ2n) is 6.88. The Bertz CT molecular complexity index is 1140. The summed E-state index contributed by atoms with van der Waals surface area (Å²) < 4.78 is 2.91. The predicted octanol–water partition coefficient (Wildman–Crippen LogP) is 5.53. The van der Waals surface area contributed by atoms with Crippen LogP contribution in [-0.4, -0.2) is 26.3 Å². The van der Waals surface area contributed by atoms with Gasteiger partial charge in [-0.1, -0.05) is 71.6 Å². The van der Waals surface area contributed by atoms with Crippen LogP contribution in [0.15, 0.2) is 71.1 Å². The molecule has 0 atom stereocenters. The van der Waals surface area contributed by atoms with E-state index in [-0.39, 0.29) is 5.78 Å². The van der Waals surface area contributed by atoms with Crippen molar-refractivity contribution in [2.24, 2.45) is 0 Å². The van der Waals surface area contributed by atoms with E-state index in [0.29, 0.717) is 12.3 Å². The molecular formula is C23H22N4OS2. The van der Waals surface area contributed by atoms with Crippen LogP contribution in [0.1, 0.15) is 27.3 Å². The first-order valence-electron chi connectivity index (χ1n) is 9.63. The summed E-state index contributed by atoms with van der Waals surface area (Å²) in [4.78, 5) is 12.9. The van der Waals surface area contributed by atoms with Gasteiger partial charge in [-0.25, -0.2) is 0 Å². The maximum Gasteiger partial charge on any atom is 0.206 e. The fourth-order valence-electron chi connectivity index (χ4n) is 3.34. The average Bonchev–Trinajstić information content (AvgIpc) is 3.35. The highest BCUT2D eigenvalue weighted by atomic mass is 32.2. The Morgan fingerprint density at radius 3 is 2.47 bits per heavy atom. The van der Waals surface area contributed by atoms with E-state index in [1.165, 1.54) is 28.7 Å². The van der Waals surface area contributed by atoms with E-state index in [0.717, 1.165) is 32.1 Å². The van der Waals surface area contributed by atoms with Gasteiger partial charge in [-0.05, 0) is 37.6 Å². The zero-order chi connectivity index (χ0) is 20.9. The molecule has 2 aromatic carbocycles. The van der Waals surface area contributed by atoms with Crippen LogP contribution in [0.2, 0.25) is 0 Å². The van der Waals surface area contributed by atoms with Crippen LogP contribution in [0.3, 0.4) is 0 Å². The molecule has 4 aromatic rings. The van der Waals surface area contributed by atoms with E-state index >= 15 is 0 Å². The number of Topliss-reactive ketones (excluding diaryl/α,β-unsaturated/α-hetero) is 1. The van der Waals surface area contributed by atoms with Crippen molar-refractivity contribution < 1.29 is 4.79 Å². The molecule has 0 bridgehead atoms. The number of nitrogens with one attached hydrogen (secondary N) is 1. The van der Waals surface area contributed by atoms with Gasteiger partial charge in [0.1, 0.15) is 0 Å². The second-order valence-corrected chi connectivity index (χ2v) is 9.08. The molecule has 0 spiro atoms. The van der Waals surface area contributed by atoms with Crippen LogP contribution in [0.5, 0.6) is 0 Å². The summed E-state index contributed by atoms with van der Waals surface area (Å²) in [5, 5.41) is 12.4. The van der Waals surface area contributed by atoms with Gasteiger partial charge in [0.15, 0.2) is 10.1 Å². The molecule has 0 unspecified atom stereocenters. The first-order valence-corrected chi connectivity index (χ1v) is 11.4. The molecule has 0 saturated carbocycles. The van der Waals surface area contributed by atoms with Crippen molar-refractivity contribution in [3.05, 3.63) is 89.2 Å². The minimum absolute atomic E-state index is 0.101. The number of hydrogen-bond donors (Lipinski definition) is 1. The van der Waals surface area contributed by atoms with Crippen molar-refractivity contribution in [1.29, 1.82) is 0 Å². The molecule has 0 saturated heterocycles. The first-order chi connectivity index (χ1) is 14.6. The molecule has 5 nitrogen and oxygen atoms in total. The van der Waals surface area contributed by atoms with Crippen molar-refractivity contribution in [2.75, 3.05) is 11.1 Å². The molecule has 0 fully saturated rings. The fraction of sp³-hybridized carbons (Fsp3) is 0.174. The summed E-state index contributed by atoms with van der Waals surface area (Å²) in [6, 6.07) is 22.2. The van der Waals surface area contributed by atoms with Gasteiger partial charge in [0.2, 0.25) is 5.13 Å². The number of benzene rings is 2. The van der Waals surface area contributed by atoms with Crippen LogP contribution >= 0.6 is 23.1 Å². The summed E-state index contributed by atoms with van der Waals surface area (Å²) in [6.45, 7) is 4.72. The van der Waals surface area contributed by atoms with Crippen molar-refractivity contribution >= 4 is 34.0 Å². The molecule has 0 amide bonds. The van der Waals surface area contributed by atoms with Gasteiger partial charge in [0.05, 0.1) is 5.75 Å². The van der Waals surface area contributed by atoms with Gasteiger partial charge in [-0.15, -0.1) is 10.2 Å². The molecule has 152 valence electrons. The van der Waals surface area contributed by atoms with Gasteiger partial charge < -0.3 is 9.88 Å². The highest BCUT2D eigenvalue weighted by Crippen LogP contribution is 2.28. The number of carbonyl (C=O) groups is 1. The Hall–Kier alpha value is -2.90. The van der Waals surface area contributed by atoms with E-state index in [2.05, 4.69) is 32.2 Å². The number of para-hydroxylation sites is 1. The summed E-state index contributed by atoms with van der Waals surface area (Å²) >= 11 is 2.90. The summed E-state index contributed by atoms with van der Waals surface area (Å²) in [5.41, 5.74) is 5.03. The third kappa shape index (κ3) is 4.63. The van der Waals surface area contributed by atoms with Crippen LogP contribution in [0.25, 0.3) is 5.69 Å². The number of rotatable bonds is 8. The van der Waals surface area contributed by atoms with Crippen molar-refractivity contribution in [2.45, 2.75) is 24.7 Å². The number of aromatic nitrogens is 3. The summed E-state index contributed by atoms with van der Waals surface area (Å²) in [6.07, 6.45) is 0. The lowest BCUT2D eigenvalue weighted by atomic mass is 10.2. The molecule has 7 heteroatoms. The van der Waals surface area contributed by atoms with Gasteiger partial charge >= 0.3 is 0 Å². The number of aryl methyl sites for hydroxylation is 1. The molecule has 0 aliphatic heterocycles. The van der Waals surface area contributed by atoms with E-state index in [1.54, 1.807) is 0 Å². The Morgan fingerprint density at radius 1 is 1.03 bits per heavy atom. The lowest BCUT2D eigenvalue weighted by Gasteiger charge is -2.09. The zero-order valence-electron chi connectivity index (χ0n) is 16.8. The fourth-order valence-corrected chi connectivity index (χ4v) is 4.97. The van der Waals surface area contributed by atoms with E-state index in [4.69, 9.17) is 0 Å². The summed E-state index contributed by atoms with van der Waals surface area (Å²) in [5.74, 6) is 0.441. The second kappa shape index (κ2) is 9.28. The van der Waals surface area contributed by atoms with Crippen LogP contribution in [0, 0.1) is 13.8 Å². The number of hydrogen-bond acceptors (Lipinski definition) is 6. The largest absolute Gasteiger partial charge is 0.356 e. The number of anilines is 1. The number of thioether (sulfide) groups is 1. The Balaban J connectivity index is 1.38. The molecular weight excluding hydrogens is 412 g/mol. The smallest absolute Gasteiger partial charge is 0.206 e. The molecule has 0 aliphatic rings. The first kappa shape index (κ1) is 20.4. The molecule has 0 radical (unpaired) electrons. The van der Waals surface area contributed by atoms with Gasteiger partial charge in [-0.2, -0.15) is 0 Å². The van der Waals surface area contributed by atoms with Crippen LogP contribution in [-0.2, 0) is 6.54 Å². The number of ketones is 1. The Kier molecular flexibility index (Phi) is 6.30. The van der Waals surface area contributed by atoms with E-state index < -0.39 is 0 Å².